The number of benzene rings is 2. The number of anilines is 1. The zero-order chi connectivity index (χ0) is 21.5. The quantitative estimate of drug-likeness (QED) is 0.614. The van der Waals surface area contributed by atoms with Gasteiger partial charge in [0.15, 0.2) is 0 Å². The second kappa shape index (κ2) is 9.38. The molecule has 0 heterocycles. The molecule has 0 saturated heterocycles. The molecule has 0 fully saturated rings. The van der Waals surface area contributed by atoms with Crippen molar-refractivity contribution in [2.45, 2.75) is 0 Å². The molecule has 1 aliphatic rings. The number of allylic oxidation sites excluding steroid dienone is 5. The van der Waals surface area contributed by atoms with E-state index < -0.39 is 17.8 Å². The Kier molecular flexibility index (Phi) is 6.44. The Hall–Kier alpha value is -4.13. The average Bonchev–Trinajstić information content (AvgIpc) is 3.27. The van der Waals surface area contributed by atoms with Gasteiger partial charge in [-0.15, -0.1) is 0 Å². The van der Waals surface area contributed by atoms with E-state index in [-0.39, 0.29) is 22.7 Å². The van der Waals surface area contributed by atoms with Crippen molar-refractivity contribution in [1.29, 1.82) is 0 Å². The van der Waals surface area contributed by atoms with E-state index in [0.717, 1.165) is 0 Å². The standard InChI is InChI=1S/C23H20N2O5/c1-30-17-12-10-16(11-13-17)24-22(27)20(14-15-6-2-3-7-15)25-21(26)18-8-4-5-9-19(18)23(28)29/h2-15H,1H3,(H,24,27)(H,25,26)(H,28,29)/b20-14-. The third-order valence-electron chi connectivity index (χ3n) is 4.38. The number of carbonyl (C=O) groups excluding carboxylic acids is 2. The maximum absolute atomic E-state index is 12.9. The molecule has 0 radical (unpaired) electrons. The lowest BCUT2D eigenvalue weighted by Crippen LogP contribution is -2.32. The average molecular weight is 404 g/mol. The molecule has 2 amide bonds. The number of rotatable bonds is 7. The summed E-state index contributed by atoms with van der Waals surface area (Å²) in [6.45, 7) is 0. The van der Waals surface area contributed by atoms with E-state index in [0.29, 0.717) is 11.4 Å². The van der Waals surface area contributed by atoms with Gasteiger partial charge < -0.3 is 20.5 Å². The Morgan fingerprint density at radius 2 is 1.60 bits per heavy atom. The Labute approximate surface area is 173 Å². The number of nitrogens with one attached hydrogen (secondary N) is 2. The highest BCUT2D eigenvalue weighted by Crippen LogP contribution is 2.18. The second-order valence-electron chi connectivity index (χ2n) is 6.41. The monoisotopic (exact) mass is 404 g/mol. The normalized spacial score (nSPS) is 13.2. The smallest absolute Gasteiger partial charge is 0.336 e. The largest absolute Gasteiger partial charge is 0.497 e. The van der Waals surface area contributed by atoms with E-state index in [9.17, 15) is 19.5 Å². The maximum atomic E-state index is 12.9. The Morgan fingerprint density at radius 1 is 0.967 bits per heavy atom. The zero-order valence-corrected chi connectivity index (χ0v) is 16.2. The lowest BCUT2D eigenvalue weighted by Gasteiger charge is -2.13. The fraction of sp³-hybridized carbons (Fsp3) is 0.0870. The van der Waals surface area contributed by atoms with Gasteiger partial charge in [-0.1, -0.05) is 36.4 Å². The SMILES string of the molecule is COc1ccc(NC(=O)/C(=C/C2C=CC=C2)NC(=O)c2ccccc2C(=O)O)cc1. The number of carbonyl (C=O) groups is 3. The van der Waals surface area contributed by atoms with Gasteiger partial charge in [-0.3, -0.25) is 9.59 Å². The second-order valence-corrected chi connectivity index (χ2v) is 6.41. The predicted molar refractivity (Wildman–Crippen MR) is 112 cm³/mol. The molecule has 0 saturated carbocycles. The number of amides is 2. The summed E-state index contributed by atoms with van der Waals surface area (Å²) in [5, 5.41) is 14.6. The van der Waals surface area contributed by atoms with Crippen LogP contribution in [0.2, 0.25) is 0 Å². The highest BCUT2D eigenvalue weighted by atomic mass is 16.5. The number of aromatic carboxylic acids is 1. The minimum atomic E-state index is -1.23. The van der Waals surface area contributed by atoms with Gasteiger partial charge in [0.05, 0.1) is 18.2 Å². The number of ether oxygens (including phenoxy) is 1. The molecule has 0 unspecified atom stereocenters. The molecule has 0 aliphatic heterocycles. The number of methoxy groups -OCH3 is 1. The first-order valence-corrected chi connectivity index (χ1v) is 9.14. The molecule has 3 rings (SSSR count). The molecule has 0 atom stereocenters. The highest BCUT2D eigenvalue weighted by Gasteiger charge is 2.20. The summed E-state index contributed by atoms with van der Waals surface area (Å²) in [6.07, 6.45) is 8.99. The lowest BCUT2D eigenvalue weighted by atomic mass is 10.1. The van der Waals surface area contributed by atoms with Crippen LogP contribution in [0.25, 0.3) is 0 Å². The van der Waals surface area contributed by atoms with Gasteiger partial charge in [-0.2, -0.15) is 0 Å². The Bertz CT molecular complexity index is 1040. The van der Waals surface area contributed by atoms with E-state index in [1.54, 1.807) is 43.5 Å². The number of carboxylic acid groups (broad SMARTS) is 1. The van der Waals surface area contributed by atoms with Crippen molar-refractivity contribution in [3.63, 3.8) is 0 Å². The Balaban J connectivity index is 1.84. The van der Waals surface area contributed by atoms with Crippen LogP contribution in [-0.4, -0.2) is 30.0 Å². The van der Waals surface area contributed by atoms with E-state index in [1.165, 1.54) is 18.2 Å². The first-order chi connectivity index (χ1) is 14.5. The topological polar surface area (TPSA) is 105 Å². The maximum Gasteiger partial charge on any atom is 0.336 e. The van der Waals surface area contributed by atoms with Crippen molar-refractivity contribution in [3.8, 4) is 5.75 Å². The molecular weight excluding hydrogens is 384 g/mol. The summed E-state index contributed by atoms with van der Waals surface area (Å²) in [5.74, 6) is -1.97. The Morgan fingerprint density at radius 3 is 2.20 bits per heavy atom. The molecule has 30 heavy (non-hydrogen) atoms. The van der Waals surface area contributed by atoms with Gasteiger partial charge in [0.1, 0.15) is 11.4 Å². The summed E-state index contributed by atoms with van der Waals surface area (Å²) in [7, 11) is 1.54. The third kappa shape index (κ3) is 5.02. The zero-order valence-electron chi connectivity index (χ0n) is 16.2. The number of hydrogen-bond acceptors (Lipinski definition) is 4. The van der Waals surface area contributed by atoms with Crippen LogP contribution in [0, 0.1) is 5.92 Å². The molecule has 7 nitrogen and oxygen atoms in total. The molecule has 0 spiro atoms. The predicted octanol–water partition coefficient (Wildman–Crippen LogP) is 3.39. The van der Waals surface area contributed by atoms with Gasteiger partial charge in [0, 0.05) is 11.6 Å². The molecule has 152 valence electrons. The molecule has 3 N–H and O–H groups in total. The van der Waals surface area contributed by atoms with Crippen LogP contribution >= 0.6 is 0 Å². The van der Waals surface area contributed by atoms with Crippen molar-refractivity contribution in [2.24, 2.45) is 5.92 Å². The lowest BCUT2D eigenvalue weighted by molar-refractivity contribution is -0.113. The van der Waals surface area contributed by atoms with Crippen molar-refractivity contribution in [1.82, 2.24) is 5.32 Å². The van der Waals surface area contributed by atoms with Gasteiger partial charge in [-0.05, 0) is 42.5 Å². The minimum absolute atomic E-state index is 0.0113. The van der Waals surface area contributed by atoms with Crippen LogP contribution in [0.3, 0.4) is 0 Å². The summed E-state index contributed by atoms with van der Waals surface area (Å²) in [5.41, 5.74) is 0.345. The van der Waals surface area contributed by atoms with Gasteiger partial charge >= 0.3 is 5.97 Å². The number of hydrogen-bond donors (Lipinski definition) is 3. The molecule has 0 aromatic heterocycles. The van der Waals surface area contributed by atoms with E-state index >= 15 is 0 Å². The van der Waals surface area contributed by atoms with Crippen LogP contribution in [0.15, 0.2) is 84.6 Å². The fourth-order valence-electron chi connectivity index (χ4n) is 2.86. The number of carboxylic acids is 1. The van der Waals surface area contributed by atoms with E-state index in [4.69, 9.17) is 4.74 Å². The molecule has 2 aromatic carbocycles. The third-order valence-corrected chi connectivity index (χ3v) is 4.38. The van der Waals surface area contributed by atoms with Crippen molar-refractivity contribution in [3.05, 3.63) is 95.7 Å². The van der Waals surface area contributed by atoms with Gasteiger partial charge in [-0.25, -0.2) is 4.79 Å². The molecule has 1 aliphatic carbocycles. The van der Waals surface area contributed by atoms with Crippen molar-refractivity contribution >= 4 is 23.5 Å². The van der Waals surface area contributed by atoms with Crippen molar-refractivity contribution in [2.75, 3.05) is 12.4 Å². The first kappa shape index (κ1) is 20.6. The van der Waals surface area contributed by atoms with Crippen molar-refractivity contribution < 1.29 is 24.2 Å². The van der Waals surface area contributed by atoms with Gasteiger partial charge in [0.2, 0.25) is 0 Å². The molecular formula is C23H20N2O5. The van der Waals surface area contributed by atoms with Crippen LogP contribution < -0.4 is 15.4 Å². The van der Waals surface area contributed by atoms with Gasteiger partial charge in [0.25, 0.3) is 11.8 Å². The summed E-state index contributed by atoms with van der Waals surface area (Å²) >= 11 is 0. The highest BCUT2D eigenvalue weighted by molar-refractivity contribution is 6.10. The van der Waals surface area contributed by atoms with Crippen LogP contribution in [0.1, 0.15) is 20.7 Å². The first-order valence-electron chi connectivity index (χ1n) is 9.14. The molecule has 2 aromatic rings. The van der Waals surface area contributed by atoms with E-state index in [2.05, 4.69) is 10.6 Å². The minimum Gasteiger partial charge on any atom is -0.497 e. The fourth-order valence-corrected chi connectivity index (χ4v) is 2.86. The summed E-state index contributed by atoms with van der Waals surface area (Å²) in [4.78, 5) is 37.0. The summed E-state index contributed by atoms with van der Waals surface area (Å²) in [6, 6.07) is 12.6. The molecule has 0 bridgehead atoms. The van der Waals surface area contributed by atoms with Crippen LogP contribution in [-0.2, 0) is 4.79 Å². The van der Waals surface area contributed by atoms with Crippen LogP contribution in [0.4, 0.5) is 5.69 Å². The van der Waals surface area contributed by atoms with Crippen LogP contribution in [0.5, 0.6) is 5.75 Å². The van der Waals surface area contributed by atoms with E-state index in [1.807, 2.05) is 24.3 Å². The summed E-state index contributed by atoms with van der Waals surface area (Å²) < 4.78 is 5.10. The molecule has 7 heteroatoms.